The van der Waals surface area contributed by atoms with Gasteiger partial charge in [-0.05, 0) is 63.8 Å². The van der Waals surface area contributed by atoms with Crippen LogP contribution in [0.15, 0.2) is 10.6 Å². The van der Waals surface area contributed by atoms with E-state index in [1.807, 2.05) is 0 Å². The Morgan fingerprint density at radius 2 is 1.80 bits per heavy atom. The van der Waals surface area contributed by atoms with E-state index in [0.717, 1.165) is 44.3 Å². The second-order valence-electron chi connectivity index (χ2n) is 9.33. The molecule has 10 heteroatoms. The highest BCUT2D eigenvalue weighted by Crippen LogP contribution is 2.41. The fourth-order valence-corrected chi connectivity index (χ4v) is 7.43. The first kappa shape index (κ1) is 20.4. The first-order valence-corrected chi connectivity index (χ1v) is 12.6. The van der Waals surface area contributed by atoms with E-state index in [4.69, 9.17) is 10.3 Å². The molecule has 1 aromatic rings. The van der Waals surface area contributed by atoms with E-state index in [-0.39, 0.29) is 24.0 Å². The number of nitrogens with two attached hydrogens (primary N) is 1. The lowest BCUT2D eigenvalue weighted by molar-refractivity contribution is 0.0897. The summed E-state index contributed by atoms with van der Waals surface area (Å²) >= 11 is 0. The third-order valence-corrected chi connectivity index (χ3v) is 9.39. The maximum atomic E-state index is 13.3. The minimum absolute atomic E-state index is 0.0366. The predicted octanol–water partition coefficient (Wildman–Crippen LogP) is 1.19. The average Bonchev–Trinajstić information content (AvgIpc) is 3.40. The van der Waals surface area contributed by atoms with Crippen molar-refractivity contribution in [3.05, 3.63) is 17.5 Å². The minimum atomic E-state index is -3.47. The molecule has 1 aromatic heterocycles. The summed E-state index contributed by atoms with van der Waals surface area (Å²) in [5.74, 6) is 1.40. The highest BCUT2D eigenvalue weighted by Gasteiger charge is 2.49. The molecular formula is C20H31N5O4S. The molecular weight excluding hydrogens is 406 g/mol. The zero-order valence-electron chi connectivity index (χ0n) is 17.2. The molecule has 3 N–H and O–H groups in total. The fraction of sp³-hybridized carbons (Fsp3) is 0.800. The molecule has 5 rings (SSSR count). The lowest BCUT2D eigenvalue weighted by Gasteiger charge is -2.42. The van der Waals surface area contributed by atoms with Crippen LogP contribution in [0, 0.1) is 5.92 Å². The molecule has 0 aromatic carbocycles. The van der Waals surface area contributed by atoms with Gasteiger partial charge in [-0.25, -0.2) is 0 Å². The van der Waals surface area contributed by atoms with Crippen LogP contribution >= 0.6 is 0 Å². The van der Waals surface area contributed by atoms with Crippen LogP contribution in [0.25, 0.3) is 0 Å². The van der Waals surface area contributed by atoms with Crippen LogP contribution in [-0.4, -0.2) is 65.9 Å². The minimum Gasteiger partial charge on any atom is -0.360 e. The van der Waals surface area contributed by atoms with E-state index in [1.165, 1.54) is 0 Å². The topological polar surface area (TPSA) is 122 Å². The van der Waals surface area contributed by atoms with Crippen LogP contribution in [0.4, 0.5) is 0 Å². The lowest BCUT2D eigenvalue weighted by Crippen LogP contribution is -2.57. The fourth-order valence-electron chi connectivity index (χ4n) is 5.35. The summed E-state index contributed by atoms with van der Waals surface area (Å²) in [5.41, 5.74) is 6.07. The summed E-state index contributed by atoms with van der Waals surface area (Å²) in [5, 5.41) is 6.98. The number of piperidine rings is 2. The smallest absolute Gasteiger partial charge is 0.282 e. The van der Waals surface area contributed by atoms with Crippen molar-refractivity contribution in [2.75, 3.05) is 19.6 Å². The number of amides is 1. The van der Waals surface area contributed by atoms with Gasteiger partial charge >= 0.3 is 0 Å². The van der Waals surface area contributed by atoms with E-state index < -0.39 is 10.2 Å². The third-order valence-electron chi connectivity index (χ3n) is 7.24. The number of carbonyl (C=O) groups excluding carboxylic acids is 1. The van der Waals surface area contributed by atoms with Crippen molar-refractivity contribution >= 4 is 16.1 Å². The van der Waals surface area contributed by atoms with Gasteiger partial charge in [0, 0.05) is 43.2 Å². The summed E-state index contributed by atoms with van der Waals surface area (Å²) in [6.07, 6.45) is 6.85. The molecule has 4 aliphatic rings. The molecule has 3 aliphatic heterocycles. The van der Waals surface area contributed by atoms with E-state index >= 15 is 0 Å². The molecule has 0 radical (unpaired) electrons. The molecule has 4 heterocycles. The first-order chi connectivity index (χ1) is 14.5. The van der Waals surface area contributed by atoms with Crippen LogP contribution in [0.5, 0.6) is 0 Å². The molecule has 2 bridgehead atoms. The second kappa shape index (κ2) is 7.89. The van der Waals surface area contributed by atoms with Crippen LogP contribution in [0.2, 0.25) is 0 Å². The summed E-state index contributed by atoms with van der Waals surface area (Å²) in [4.78, 5) is 12.6. The van der Waals surface area contributed by atoms with Gasteiger partial charge in [-0.1, -0.05) is 5.16 Å². The van der Waals surface area contributed by atoms with Gasteiger partial charge in [0.25, 0.3) is 16.1 Å². The molecule has 1 amide bonds. The van der Waals surface area contributed by atoms with Crippen molar-refractivity contribution in [3.63, 3.8) is 0 Å². The highest BCUT2D eigenvalue weighted by molar-refractivity contribution is 7.86. The van der Waals surface area contributed by atoms with E-state index in [9.17, 15) is 13.2 Å². The normalized spacial score (nSPS) is 31.2. The standard InChI is InChI=1S/C20H31N5O4S/c21-12-13-5-7-24(8-6-13)30(27,28)25-16-3-4-17(25)10-15(9-16)22-20(26)18-11-19(29-23-18)14-1-2-14/h11,13-17H,1-10,12,21H2,(H,22,26)/t15?,16-,17+. The number of carbonyl (C=O) groups is 1. The van der Waals surface area contributed by atoms with Gasteiger partial charge in [0.2, 0.25) is 0 Å². The Morgan fingerprint density at radius 1 is 1.13 bits per heavy atom. The van der Waals surface area contributed by atoms with E-state index in [1.54, 1.807) is 14.7 Å². The molecule has 4 fully saturated rings. The molecule has 9 nitrogen and oxygen atoms in total. The van der Waals surface area contributed by atoms with Gasteiger partial charge in [0.1, 0.15) is 5.76 Å². The number of rotatable bonds is 6. The summed E-state index contributed by atoms with van der Waals surface area (Å²) in [6.45, 7) is 1.73. The number of hydrogen-bond donors (Lipinski definition) is 2. The van der Waals surface area contributed by atoms with E-state index in [0.29, 0.717) is 50.0 Å². The lowest BCUT2D eigenvalue weighted by atomic mass is 9.99. The van der Waals surface area contributed by atoms with Crippen molar-refractivity contribution in [1.29, 1.82) is 0 Å². The Balaban J connectivity index is 1.21. The number of aromatic nitrogens is 1. The molecule has 30 heavy (non-hydrogen) atoms. The van der Waals surface area contributed by atoms with Crippen molar-refractivity contribution in [1.82, 2.24) is 19.1 Å². The highest BCUT2D eigenvalue weighted by atomic mass is 32.2. The molecule has 1 saturated carbocycles. The largest absolute Gasteiger partial charge is 0.360 e. The SMILES string of the molecule is NCC1CCN(S(=O)(=O)N2[C@@H]3CC[C@H]2CC(NC(=O)c2cc(C4CC4)on2)C3)CC1. The van der Waals surface area contributed by atoms with Gasteiger partial charge in [0.15, 0.2) is 5.69 Å². The first-order valence-electron chi connectivity index (χ1n) is 11.2. The van der Waals surface area contributed by atoms with Crippen LogP contribution in [-0.2, 0) is 10.2 Å². The van der Waals surface area contributed by atoms with Crippen molar-refractivity contribution in [2.24, 2.45) is 11.7 Å². The third kappa shape index (κ3) is 3.79. The molecule has 1 unspecified atom stereocenters. The Hall–Kier alpha value is -1.49. The van der Waals surface area contributed by atoms with Gasteiger partial charge in [0.05, 0.1) is 0 Å². The zero-order valence-corrected chi connectivity index (χ0v) is 18.0. The monoisotopic (exact) mass is 437 g/mol. The quantitative estimate of drug-likeness (QED) is 0.689. The van der Waals surface area contributed by atoms with Crippen LogP contribution in [0.1, 0.15) is 73.5 Å². The van der Waals surface area contributed by atoms with Crippen molar-refractivity contribution in [2.45, 2.75) is 75.4 Å². The predicted molar refractivity (Wildman–Crippen MR) is 110 cm³/mol. The summed E-state index contributed by atoms with van der Waals surface area (Å²) in [7, 11) is -3.47. The van der Waals surface area contributed by atoms with Gasteiger partial charge < -0.3 is 15.6 Å². The number of fused-ring (bicyclic) bond motifs is 2. The zero-order chi connectivity index (χ0) is 20.9. The summed E-state index contributed by atoms with van der Waals surface area (Å²) in [6, 6.07) is 1.60. The van der Waals surface area contributed by atoms with Crippen molar-refractivity contribution in [3.8, 4) is 0 Å². The number of hydrogen-bond acceptors (Lipinski definition) is 6. The number of nitrogens with zero attached hydrogens (tertiary/aromatic N) is 3. The Bertz CT molecular complexity index is 877. The summed E-state index contributed by atoms with van der Waals surface area (Å²) < 4.78 is 35.3. The average molecular weight is 438 g/mol. The second-order valence-corrected chi connectivity index (χ2v) is 11.2. The van der Waals surface area contributed by atoms with Gasteiger partial charge in [-0.15, -0.1) is 0 Å². The van der Waals surface area contributed by atoms with E-state index in [2.05, 4.69) is 10.5 Å². The van der Waals surface area contributed by atoms with Gasteiger partial charge in [-0.2, -0.15) is 17.0 Å². The molecule has 166 valence electrons. The molecule has 0 spiro atoms. The molecule has 1 aliphatic carbocycles. The maximum absolute atomic E-state index is 13.3. The Morgan fingerprint density at radius 3 is 2.40 bits per heavy atom. The Labute approximate surface area is 177 Å². The number of nitrogens with one attached hydrogen (secondary N) is 1. The Kier molecular flexibility index (Phi) is 5.37. The van der Waals surface area contributed by atoms with Crippen LogP contribution < -0.4 is 11.1 Å². The molecule has 3 saturated heterocycles. The van der Waals surface area contributed by atoms with Gasteiger partial charge in [-0.3, -0.25) is 4.79 Å². The molecule has 3 atom stereocenters. The maximum Gasteiger partial charge on any atom is 0.282 e. The van der Waals surface area contributed by atoms with Crippen molar-refractivity contribution < 1.29 is 17.7 Å². The van der Waals surface area contributed by atoms with Crippen LogP contribution in [0.3, 0.4) is 0 Å².